The van der Waals surface area contributed by atoms with Crippen LogP contribution in [-0.2, 0) is 17.7 Å². The third-order valence-corrected chi connectivity index (χ3v) is 3.24. The Bertz CT molecular complexity index is 384. The number of fused-ring (bicyclic) bond motifs is 1. The zero-order valence-corrected chi connectivity index (χ0v) is 8.40. The number of ether oxygens (including phenoxy) is 1. The van der Waals surface area contributed by atoms with Gasteiger partial charge in [-0.3, -0.25) is 14.8 Å². The predicted octanol–water partition coefficient (Wildman–Crippen LogP) is -0.0209. The lowest BCUT2D eigenvalue weighted by Crippen LogP contribution is -2.50. The van der Waals surface area contributed by atoms with Crippen LogP contribution in [0, 0.1) is 0 Å². The zero-order chi connectivity index (χ0) is 10.3. The fourth-order valence-corrected chi connectivity index (χ4v) is 2.18. The summed E-state index contributed by atoms with van der Waals surface area (Å²) in [5.74, 6) is 0. The van der Waals surface area contributed by atoms with Gasteiger partial charge in [-0.1, -0.05) is 0 Å². The molecule has 0 aromatic carbocycles. The Hall–Kier alpha value is -1.20. The molecule has 0 radical (unpaired) electrons. The van der Waals surface area contributed by atoms with E-state index in [1.165, 1.54) is 0 Å². The zero-order valence-electron chi connectivity index (χ0n) is 8.40. The molecular weight excluding hydrogens is 194 g/mol. The second kappa shape index (κ2) is 3.43. The molecule has 2 aliphatic heterocycles. The number of rotatable bonds is 2. The summed E-state index contributed by atoms with van der Waals surface area (Å²) in [6.45, 7) is 3.50. The van der Waals surface area contributed by atoms with Crippen LogP contribution in [0.25, 0.3) is 0 Å². The number of carbonyl (C=O) groups excluding carboxylic acids is 1. The van der Waals surface area contributed by atoms with E-state index in [1.54, 1.807) is 0 Å². The molecular formula is C10H13N3O2. The van der Waals surface area contributed by atoms with E-state index in [-0.39, 0.29) is 0 Å². The van der Waals surface area contributed by atoms with Gasteiger partial charge in [0.1, 0.15) is 5.69 Å². The van der Waals surface area contributed by atoms with Crippen LogP contribution in [0.3, 0.4) is 0 Å². The fourth-order valence-electron chi connectivity index (χ4n) is 2.18. The summed E-state index contributed by atoms with van der Waals surface area (Å²) in [6.07, 6.45) is 1.78. The molecule has 3 rings (SSSR count). The standard InChI is InChI=1S/C10H13N3O2/c14-4-10-8-3-13(7-5-15-6-7)2-1-9(8)11-12-10/h4,7H,1-3,5-6H2,(H,11,12). The quantitative estimate of drug-likeness (QED) is 0.692. The first-order valence-corrected chi connectivity index (χ1v) is 5.21. The van der Waals surface area contributed by atoms with Crippen LogP contribution in [0.5, 0.6) is 0 Å². The van der Waals surface area contributed by atoms with E-state index in [9.17, 15) is 4.79 Å². The molecule has 1 fully saturated rings. The van der Waals surface area contributed by atoms with Gasteiger partial charge >= 0.3 is 0 Å². The van der Waals surface area contributed by atoms with Crippen molar-refractivity contribution in [3.8, 4) is 0 Å². The summed E-state index contributed by atoms with van der Waals surface area (Å²) in [5.41, 5.74) is 2.76. The molecule has 0 saturated carbocycles. The third kappa shape index (κ3) is 1.39. The Balaban J connectivity index is 1.83. The predicted molar refractivity (Wildman–Crippen MR) is 52.7 cm³/mol. The lowest BCUT2D eigenvalue weighted by molar-refractivity contribution is -0.0695. The van der Waals surface area contributed by atoms with Gasteiger partial charge in [0.2, 0.25) is 0 Å². The highest BCUT2D eigenvalue weighted by molar-refractivity contribution is 5.74. The summed E-state index contributed by atoms with van der Waals surface area (Å²) in [5, 5.41) is 6.94. The van der Waals surface area contributed by atoms with Crippen LogP contribution in [0.4, 0.5) is 0 Å². The van der Waals surface area contributed by atoms with Crippen molar-refractivity contribution in [1.82, 2.24) is 15.1 Å². The highest BCUT2D eigenvalue weighted by Gasteiger charge is 2.30. The molecule has 80 valence electrons. The van der Waals surface area contributed by atoms with Gasteiger partial charge in [0.05, 0.1) is 19.3 Å². The maximum atomic E-state index is 10.8. The summed E-state index contributed by atoms with van der Waals surface area (Å²) in [7, 11) is 0. The van der Waals surface area contributed by atoms with Crippen LogP contribution in [0.15, 0.2) is 0 Å². The summed E-state index contributed by atoms with van der Waals surface area (Å²) in [4.78, 5) is 13.1. The minimum atomic E-state index is 0.535. The second-order valence-corrected chi connectivity index (χ2v) is 4.10. The van der Waals surface area contributed by atoms with E-state index in [0.29, 0.717) is 11.7 Å². The molecule has 1 saturated heterocycles. The van der Waals surface area contributed by atoms with Gasteiger partial charge in [0, 0.05) is 30.8 Å². The van der Waals surface area contributed by atoms with Crippen molar-refractivity contribution in [3.63, 3.8) is 0 Å². The lowest BCUT2D eigenvalue weighted by Gasteiger charge is -2.39. The number of carbonyl (C=O) groups is 1. The molecule has 0 spiro atoms. The van der Waals surface area contributed by atoms with Crippen molar-refractivity contribution >= 4 is 6.29 Å². The number of H-pyrrole nitrogens is 1. The summed E-state index contributed by atoms with van der Waals surface area (Å²) < 4.78 is 5.18. The lowest BCUT2D eigenvalue weighted by atomic mass is 10.0. The second-order valence-electron chi connectivity index (χ2n) is 4.10. The molecule has 3 heterocycles. The minimum absolute atomic E-state index is 0.535. The van der Waals surface area contributed by atoms with Gasteiger partial charge in [-0.25, -0.2) is 0 Å². The maximum absolute atomic E-state index is 10.8. The van der Waals surface area contributed by atoms with Gasteiger partial charge in [0.25, 0.3) is 0 Å². The number of aromatic amines is 1. The normalized spacial score (nSPS) is 22.1. The Kier molecular flexibility index (Phi) is 2.07. The molecule has 0 amide bonds. The molecule has 1 aromatic rings. The van der Waals surface area contributed by atoms with Crippen LogP contribution in [0.2, 0.25) is 0 Å². The number of hydrogen-bond donors (Lipinski definition) is 1. The Morgan fingerprint density at radius 2 is 2.40 bits per heavy atom. The van der Waals surface area contributed by atoms with E-state index >= 15 is 0 Å². The van der Waals surface area contributed by atoms with Crippen LogP contribution < -0.4 is 0 Å². The molecule has 5 heteroatoms. The Morgan fingerprint density at radius 3 is 3.07 bits per heavy atom. The molecule has 0 aliphatic carbocycles. The average molecular weight is 207 g/mol. The van der Waals surface area contributed by atoms with Gasteiger partial charge in [-0.15, -0.1) is 0 Å². The van der Waals surface area contributed by atoms with Gasteiger partial charge in [-0.05, 0) is 0 Å². The average Bonchev–Trinajstić information content (AvgIpc) is 2.57. The smallest absolute Gasteiger partial charge is 0.170 e. The monoisotopic (exact) mass is 207 g/mol. The molecule has 2 aliphatic rings. The molecule has 0 atom stereocenters. The van der Waals surface area contributed by atoms with Crippen molar-refractivity contribution in [2.45, 2.75) is 19.0 Å². The van der Waals surface area contributed by atoms with Gasteiger partial charge in [0.15, 0.2) is 6.29 Å². The van der Waals surface area contributed by atoms with Gasteiger partial charge < -0.3 is 4.74 Å². The molecule has 1 aromatic heterocycles. The number of nitrogens with zero attached hydrogens (tertiary/aromatic N) is 2. The number of hydrogen-bond acceptors (Lipinski definition) is 4. The van der Waals surface area contributed by atoms with Crippen molar-refractivity contribution in [3.05, 3.63) is 17.0 Å². The van der Waals surface area contributed by atoms with E-state index < -0.39 is 0 Å². The Labute approximate surface area is 87.4 Å². The largest absolute Gasteiger partial charge is 0.378 e. The van der Waals surface area contributed by atoms with E-state index in [1.807, 2.05) is 0 Å². The van der Waals surface area contributed by atoms with Crippen LogP contribution >= 0.6 is 0 Å². The maximum Gasteiger partial charge on any atom is 0.170 e. The molecule has 1 N–H and O–H groups in total. The van der Waals surface area contributed by atoms with Crippen molar-refractivity contribution in [2.75, 3.05) is 19.8 Å². The first-order valence-electron chi connectivity index (χ1n) is 5.21. The molecule has 5 nitrogen and oxygen atoms in total. The first kappa shape index (κ1) is 9.06. The van der Waals surface area contributed by atoms with Crippen LogP contribution in [-0.4, -0.2) is 47.2 Å². The minimum Gasteiger partial charge on any atom is -0.378 e. The summed E-state index contributed by atoms with van der Waals surface area (Å²) in [6, 6.07) is 0.535. The SMILES string of the molecule is O=Cc1n[nH]c2c1CN(C1COC1)CC2. The van der Waals surface area contributed by atoms with Crippen LogP contribution in [0.1, 0.15) is 21.7 Å². The highest BCUT2D eigenvalue weighted by atomic mass is 16.5. The van der Waals surface area contributed by atoms with Crippen molar-refractivity contribution in [1.29, 1.82) is 0 Å². The Morgan fingerprint density at radius 1 is 1.53 bits per heavy atom. The van der Waals surface area contributed by atoms with Crippen molar-refractivity contribution < 1.29 is 9.53 Å². The third-order valence-electron chi connectivity index (χ3n) is 3.24. The number of aromatic nitrogens is 2. The van der Waals surface area contributed by atoms with E-state index in [4.69, 9.17) is 4.74 Å². The van der Waals surface area contributed by atoms with E-state index in [2.05, 4.69) is 15.1 Å². The summed E-state index contributed by atoms with van der Waals surface area (Å²) >= 11 is 0. The van der Waals surface area contributed by atoms with Gasteiger partial charge in [-0.2, -0.15) is 5.10 Å². The number of aldehydes is 1. The molecule has 15 heavy (non-hydrogen) atoms. The topological polar surface area (TPSA) is 58.2 Å². The first-order chi connectivity index (χ1) is 7.38. The van der Waals surface area contributed by atoms with E-state index in [0.717, 1.165) is 50.3 Å². The highest BCUT2D eigenvalue weighted by Crippen LogP contribution is 2.23. The molecule has 0 unspecified atom stereocenters. The fraction of sp³-hybridized carbons (Fsp3) is 0.600. The molecule has 0 bridgehead atoms. The number of nitrogens with one attached hydrogen (secondary N) is 1. The van der Waals surface area contributed by atoms with Crippen molar-refractivity contribution in [2.24, 2.45) is 0 Å².